The van der Waals surface area contributed by atoms with Crippen molar-refractivity contribution < 1.29 is 9.18 Å². The zero-order chi connectivity index (χ0) is 16.4. The maximum Gasteiger partial charge on any atom is 0.254 e. The molecule has 0 saturated carbocycles. The van der Waals surface area contributed by atoms with Gasteiger partial charge >= 0.3 is 0 Å². The van der Waals surface area contributed by atoms with Crippen LogP contribution in [0.2, 0.25) is 5.02 Å². The number of pyridine rings is 1. The summed E-state index contributed by atoms with van der Waals surface area (Å²) in [7, 11) is 1.63. The lowest BCUT2D eigenvalue weighted by Crippen LogP contribution is -2.27. The van der Waals surface area contributed by atoms with Crippen LogP contribution in [-0.4, -0.2) is 22.8 Å². The van der Waals surface area contributed by atoms with Crippen LogP contribution < -0.4 is 0 Å². The molecule has 3 rings (SSSR count). The molecule has 23 heavy (non-hydrogen) atoms. The van der Waals surface area contributed by atoms with Crippen molar-refractivity contribution in [2.24, 2.45) is 0 Å². The molecule has 5 heteroatoms. The summed E-state index contributed by atoms with van der Waals surface area (Å²) in [5.41, 5.74) is 1.59. The molecule has 0 N–H and O–H groups in total. The predicted molar refractivity (Wildman–Crippen MR) is 89.0 cm³/mol. The minimum Gasteiger partial charge on any atom is -0.337 e. The van der Waals surface area contributed by atoms with Crippen molar-refractivity contribution in [3.63, 3.8) is 0 Å². The Morgan fingerprint density at radius 2 is 1.96 bits per heavy atom. The second kappa shape index (κ2) is 6.34. The van der Waals surface area contributed by atoms with Crippen LogP contribution in [0.15, 0.2) is 54.7 Å². The van der Waals surface area contributed by atoms with Gasteiger partial charge in [-0.05, 0) is 30.3 Å². The second-order valence-corrected chi connectivity index (χ2v) is 5.64. The Labute approximate surface area is 138 Å². The van der Waals surface area contributed by atoms with Crippen LogP contribution >= 0.6 is 11.6 Å². The Bertz CT molecular complexity index is 856. The average molecular weight is 329 g/mol. The highest BCUT2D eigenvalue weighted by Crippen LogP contribution is 2.23. The van der Waals surface area contributed by atoms with E-state index in [9.17, 15) is 9.18 Å². The first-order valence-corrected chi connectivity index (χ1v) is 7.48. The highest BCUT2D eigenvalue weighted by atomic mass is 35.5. The molecule has 0 atom stereocenters. The van der Waals surface area contributed by atoms with Crippen LogP contribution in [0.3, 0.4) is 0 Å². The standard InChI is InChI=1S/C18H14ClFN2O/c1-22(11-14-15(19)7-3-8-16(14)20)18(23)13-5-2-9-17-12(13)6-4-10-21-17/h2-10H,11H2,1H3. The monoisotopic (exact) mass is 328 g/mol. The maximum atomic E-state index is 13.9. The van der Waals surface area contributed by atoms with E-state index in [2.05, 4.69) is 4.98 Å². The summed E-state index contributed by atoms with van der Waals surface area (Å²) >= 11 is 6.03. The molecule has 1 aromatic heterocycles. The Kier molecular flexibility index (Phi) is 4.26. The number of amides is 1. The van der Waals surface area contributed by atoms with Gasteiger partial charge < -0.3 is 4.90 Å². The first-order chi connectivity index (χ1) is 11.1. The molecular formula is C18H14ClFN2O. The molecule has 2 aromatic carbocycles. The molecule has 3 nitrogen and oxygen atoms in total. The second-order valence-electron chi connectivity index (χ2n) is 5.24. The van der Waals surface area contributed by atoms with Crippen LogP contribution in [0.1, 0.15) is 15.9 Å². The van der Waals surface area contributed by atoms with Crippen molar-refractivity contribution in [2.75, 3.05) is 7.05 Å². The van der Waals surface area contributed by atoms with Gasteiger partial charge in [0.25, 0.3) is 5.91 Å². The molecule has 0 aliphatic carbocycles. The number of halogens is 2. The van der Waals surface area contributed by atoms with Crippen LogP contribution in [-0.2, 0) is 6.54 Å². The van der Waals surface area contributed by atoms with Crippen LogP contribution in [0, 0.1) is 5.82 Å². The summed E-state index contributed by atoms with van der Waals surface area (Å²) in [6.45, 7) is 0.0982. The molecule has 0 saturated heterocycles. The third-order valence-corrected chi connectivity index (χ3v) is 4.03. The number of carbonyl (C=O) groups excluding carboxylic acids is 1. The number of hydrogen-bond acceptors (Lipinski definition) is 2. The SMILES string of the molecule is CN(Cc1c(F)cccc1Cl)C(=O)c1cccc2ncccc12. The van der Waals surface area contributed by atoms with E-state index in [4.69, 9.17) is 11.6 Å². The normalized spacial score (nSPS) is 10.7. The highest BCUT2D eigenvalue weighted by molar-refractivity contribution is 6.31. The molecule has 0 fully saturated rings. The third-order valence-electron chi connectivity index (χ3n) is 3.68. The van der Waals surface area contributed by atoms with Crippen LogP contribution in [0.5, 0.6) is 0 Å². The van der Waals surface area contributed by atoms with E-state index in [1.165, 1.54) is 11.0 Å². The first kappa shape index (κ1) is 15.4. The van der Waals surface area contributed by atoms with E-state index in [0.717, 1.165) is 10.9 Å². The van der Waals surface area contributed by atoms with Gasteiger partial charge in [-0.2, -0.15) is 0 Å². The summed E-state index contributed by atoms with van der Waals surface area (Å²) in [5, 5.41) is 1.08. The van der Waals surface area contributed by atoms with E-state index in [-0.39, 0.29) is 12.5 Å². The fourth-order valence-electron chi connectivity index (χ4n) is 2.49. The number of rotatable bonds is 3. The predicted octanol–water partition coefficient (Wildman–Crippen LogP) is 4.30. The summed E-state index contributed by atoms with van der Waals surface area (Å²) in [6, 6.07) is 13.5. The van der Waals surface area contributed by atoms with Crippen molar-refractivity contribution in [2.45, 2.75) is 6.54 Å². The summed E-state index contributed by atoms with van der Waals surface area (Å²) < 4.78 is 13.9. The van der Waals surface area contributed by atoms with Crippen LogP contribution in [0.4, 0.5) is 4.39 Å². The van der Waals surface area contributed by atoms with E-state index >= 15 is 0 Å². The Hall–Kier alpha value is -2.46. The highest BCUT2D eigenvalue weighted by Gasteiger charge is 2.17. The number of fused-ring (bicyclic) bond motifs is 1. The lowest BCUT2D eigenvalue weighted by Gasteiger charge is -2.19. The van der Waals surface area contributed by atoms with Crippen LogP contribution in [0.25, 0.3) is 10.9 Å². The van der Waals surface area contributed by atoms with Gasteiger partial charge in [0.1, 0.15) is 5.82 Å². The smallest absolute Gasteiger partial charge is 0.254 e. The first-order valence-electron chi connectivity index (χ1n) is 7.10. The van der Waals surface area contributed by atoms with Gasteiger partial charge in [-0.3, -0.25) is 9.78 Å². The Balaban J connectivity index is 1.93. The zero-order valence-corrected chi connectivity index (χ0v) is 13.2. The molecule has 116 valence electrons. The van der Waals surface area contributed by atoms with Gasteiger partial charge in [0.05, 0.1) is 5.52 Å². The van der Waals surface area contributed by atoms with E-state index < -0.39 is 5.82 Å². The van der Waals surface area contributed by atoms with Gasteiger partial charge in [0.15, 0.2) is 0 Å². The lowest BCUT2D eigenvalue weighted by molar-refractivity contribution is 0.0786. The average Bonchev–Trinajstić information content (AvgIpc) is 2.57. The molecule has 0 bridgehead atoms. The molecular weight excluding hydrogens is 315 g/mol. The van der Waals surface area contributed by atoms with E-state index in [1.807, 2.05) is 12.1 Å². The molecule has 1 heterocycles. The van der Waals surface area contributed by atoms with Crippen molar-refractivity contribution in [1.82, 2.24) is 9.88 Å². The van der Waals surface area contributed by atoms with Gasteiger partial charge in [-0.25, -0.2) is 4.39 Å². The molecule has 3 aromatic rings. The minimum atomic E-state index is -0.420. The van der Waals surface area contributed by atoms with Crippen molar-refractivity contribution in [3.8, 4) is 0 Å². The fraction of sp³-hybridized carbons (Fsp3) is 0.111. The summed E-state index contributed by atoms with van der Waals surface area (Å²) in [4.78, 5) is 18.4. The largest absolute Gasteiger partial charge is 0.337 e. The minimum absolute atomic E-state index is 0.0982. The number of benzene rings is 2. The Morgan fingerprint density at radius 1 is 1.17 bits per heavy atom. The number of nitrogens with zero attached hydrogens (tertiary/aromatic N) is 2. The summed E-state index contributed by atoms with van der Waals surface area (Å²) in [5.74, 6) is -0.625. The number of aromatic nitrogens is 1. The van der Waals surface area contributed by atoms with Gasteiger partial charge in [0, 0.05) is 41.3 Å². The fourth-order valence-corrected chi connectivity index (χ4v) is 2.71. The quantitative estimate of drug-likeness (QED) is 0.718. The number of hydrogen-bond donors (Lipinski definition) is 0. The van der Waals surface area contributed by atoms with Crippen molar-refractivity contribution in [1.29, 1.82) is 0 Å². The van der Waals surface area contributed by atoms with E-state index in [0.29, 0.717) is 16.1 Å². The molecule has 1 amide bonds. The van der Waals surface area contributed by atoms with E-state index in [1.54, 1.807) is 43.6 Å². The van der Waals surface area contributed by atoms with Crippen molar-refractivity contribution in [3.05, 3.63) is 76.7 Å². The third kappa shape index (κ3) is 3.03. The number of carbonyl (C=O) groups is 1. The van der Waals surface area contributed by atoms with Crippen molar-refractivity contribution >= 4 is 28.4 Å². The molecule has 0 aliphatic heterocycles. The van der Waals surface area contributed by atoms with Gasteiger partial charge in [-0.1, -0.05) is 29.8 Å². The zero-order valence-electron chi connectivity index (χ0n) is 12.5. The molecule has 0 aliphatic rings. The Morgan fingerprint density at radius 3 is 2.74 bits per heavy atom. The van der Waals surface area contributed by atoms with Gasteiger partial charge in [0.2, 0.25) is 0 Å². The molecule has 0 unspecified atom stereocenters. The van der Waals surface area contributed by atoms with Gasteiger partial charge in [-0.15, -0.1) is 0 Å². The molecule has 0 spiro atoms. The topological polar surface area (TPSA) is 33.2 Å². The lowest BCUT2D eigenvalue weighted by atomic mass is 10.1. The summed E-state index contributed by atoms with van der Waals surface area (Å²) in [6.07, 6.45) is 1.68. The molecule has 0 radical (unpaired) electrons. The maximum absolute atomic E-state index is 13.9.